The predicted octanol–water partition coefficient (Wildman–Crippen LogP) is 2.02. The number of methoxy groups -OCH3 is 1. The Hall–Kier alpha value is -1.03. The van der Waals surface area contributed by atoms with Gasteiger partial charge in [-0.25, -0.2) is 4.68 Å². The smallest absolute Gasteiger partial charge is 0.216 e. The van der Waals surface area contributed by atoms with Crippen molar-refractivity contribution in [3.8, 4) is 5.88 Å². The number of aryl methyl sites for hydroxylation is 2. The highest BCUT2D eigenvalue weighted by Crippen LogP contribution is 2.60. The Morgan fingerprint density at radius 2 is 2.17 bits per heavy atom. The van der Waals surface area contributed by atoms with Crippen LogP contribution in [-0.4, -0.2) is 23.4 Å². The first-order chi connectivity index (χ1) is 8.66. The van der Waals surface area contributed by atoms with Gasteiger partial charge in [0.25, 0.3) is 0 Å². The molecule has 4 heteroatoms. The van der Waals surface area contributed by atoms with Gasteiger partial charge >= 0.3 is 0 Å². The number of ether oxygens (including phenoxy) is 1. The van der Waals surface area contributed by atoms with Crippen LogP contribution in [0, 0.1) is 18.3 Å². The third kappa shape index (κ3) is 2.03. The summed E-state index contributed by atoms with van der Waals surface area (Å²) in [4.78, 5) is 0. The summed E-state index contributed by atoms with van der Waals surface area (Å²) in [5, 5.41) is 8.03. The van der Waals surface area contributed by atoms with Crippen molar-refractivity contribution in [2.24, 2.45) is 18.4 Å². The summed E-state index contributed by atoms with van der Waals surface area (Å²) in [6, 6.07) is 0. The molecular weight excluding hydrogens is 226 g/mol. The van der Waals surface area contributed by atoms with Gasteiger partial charge in [0.2, 0.25) is 5.88 Å². The largest absolute Gasteiger partial charge is 0.481 e. The van der Waals surface area contributed by atoms with Crippen molar-refractivity contribution >= 4 is 0 Å². The zero-order chi connectivity index (χ0) is 12.8. The van der Waals surface area contributed by atoms with Crippen LogP contribution >= 0.6 is 0 Å². The van der Waals surface area contributed by atoms with Crippen LogP contribution in [0.25, 0.3) is 0 Å². The molecule has 0 aliphatic heterocycles. The van der Waals surface area contributed by atoms with Crippen molar-refractivity contribution in [1.82, 2.24) is 15.1 Å². The normalized spacial score (nSPS) is 21.1. The van der Waals surface area contributed by atoms with Crippen molar-refractivity contribution in [2.45, 2.75) is 39.2 Å². The fraction of sp³-hybridized carbons (Fsp3) is 0.786. The van der Waals surface area contributed by atoms with Crippen molar-refractivity contribution in [3.05, 3.63) is 11.3 Å². The molecule has 1 aromatic rings. The fourth-order valence-corrected chi connectivity index (χ4v) is 3.16. The van der Waals surface area contributed by atoms with Crippen LogP contribution in [-0.2, 0) is 13.6 Å². The van der Waals surface area contributed by atoms with E-state index in [4.69, 9.17) is 4.74 Å². The highest BCUT2D eigenvalue weighted by atomic mass is 16.5. The first-order valence-electron chi connectivity index (χ1n) is 6.93. The van der Waals surface area contributed by atoms with Crippen molar-refractivity contribution in [1.29, 1.82) is 0 Å². The Balaban J connectivity index is 1.59. The summed E-state index contributed by atoms with van der Waals surface area (Å²) >= 11 is 0. The van der Waals surface area contributed by atoms with E-state index in [2.05, 4.69) is 10.4 Å². The van der Waals surface area contributed by atoms with Crippen LogP contribution in [0.15, 0.2) is 0 Å². The van der Waals surface area contributed by atoms with Gasteiger partial charge in [0.15, 0.2) is 0 Å². The van der Waals surface area contributed by atoms with Crippen LogP contribution in [0.2, 0.25) is 0 Å². The summed E-state index contributed by atoms with van der Waals surface area (Å²) in [6.45, 7) is 4.08. The van der Waals surface area contributed by atoms with E-state index in [1.54, 1.807) is 7.11 Å². The molecule has 0 bridgehead atoms. The summed E-state index contributed by atoms with van der Waals surface area (Å²) in [7, 11) is 3.65. The maximum absolute atomic E-state index is 5.42. The summed E-state index contributed by atoms with van der Waals surface area (Å²) in [5.74, 6) is 1.90. The molecule has 4 nitrogen and oxygen atoms in total. The van der Waals surface area contributed by atoms with Gasteiger partial charge in [-0.3, -0.25) is 0 Å². The van der Waals surface area contributed by atoms with Crippen LogP contribution in [0.1, 0.15) is 36.9 Å². The molecule has 1 N–H and O–H groups in total. The standard InChI is InChI=1S/C14H23N3O/c1-10-12(13(18-3)17(2)16-10)8-15-9-14(6-7-14)11-4-5-11/h11,15H,4-9H2,1-3H3. The molecule has 2 saturated carbocycles. The molecule has 1 heterocycles. The Morgan fingerprint density at radius 3 is 2.72 bits per heavy atom. The lowest BCUT2D eigenvalue weighted by Gasteiger charge is -2.15. The van der Waals surface area contributed by atoms with Crippen LogP contribution < -0.4 is 10.1 Å². The molecule has 0 atom stereocenters. The second-order valence-electron chi connectivity index (χ2n) is 5.94. The molecule has 0 saturated heterocycles. The summed E-state index contributed by atoms with van der Waals surface area (Å²) in [5.41, 5.74) is 2.92. The summed E-state index contributed by atoms with van der Waals surface area (Å²) in [6.07, 6.45) is 5.76. The van der Waals surface area contributed by atoms with Gasteiger partial charge in [0, 0.05) is 20.1 Å². The highest BCUT2D eigenvalue weighted by molar-refractivity contribution is 5.30. The monoisotopic (exact) mass is 249 g/mol. The van der Waals surface area contributed by atoms with E-state index in [0.717, 1.165) is 30.6 Å². The average molecular weight is 249 g/mol. The SMILES string of the molecule is COc1c(CNCC2(C3CC3)CC2)c(C)nn1C. The number of nitrogens with zero attached hydrogens (tertiary/aromatic N) is 2. The number of hydrogen-bond donors (Lipinski definition) is 1. The number of rotatable bonds is 6. The molecular formula is C14H23N3O. The van der Waals surface area contributed by atoms with Gasteiger partial charge in [-0.05, 0) is 43.9 Å². The molecule has 2 aliphatic rings. The zero-order valence-electron chi connectivity index (χ0n) is 11.6. The number of nitrogens with one attached hydrogen (secondary N) is 1. The maximum atomic E-state index is 5.42. The first kappa shape index (κ1) is 12.0. The van der Waals surface area contributed by atoms with Crippen molar-refractivity contribution in [3.63, 3.8) is 0 Å². The van der Waals surface area contributed by atoms with Crippen LogP contribution in [0.5, 0.6) is 5.88 Å². The number of hydrogen-bond acceptors (Lipinski definition) is 3. The van der Waals surface area contributed by atoms with E-state index in [-0.39, 0.29) is 0 Å². The average Bonchev–Trinajstić information content (AvgIpc) is 3.20. The second-order valence-corrected chi connectivity index (χ2v) is 5.94. The quantitative estimate of drug-likeness (QED) is 0.838. The molecule has 3 rings (SSSR count). The van der Waals surface area contributed by atoms with E-state index in [9.17, 15) is 0 Å². The van der Waals surface area contributed by atoms with Gasteiger partial charge in [-0.2, -0.15) is 5.10 Å². The zero-order valence-corrected chi connectivity index (χ0v) is 11.6. The van der Waals surface area contributed by atoms with Gasteiger partial charge in [0.05, 0.1) is 18.4 Å². The molecule has 0 radical (unpaired) electrons. The molecule has 0 amide bonds. The molecule has 100 valence electrons. The van der Waals surface area contributed by atoms with E-state index in [0.29, 0.717) is 5.41 Å². The van der Waals surface area contributed by atoms with Gasteiger partial charge in [0.1, 0.15) is 0 Å². The minimum absolute atomic E-state index is 0.656. The Morgan fingerprint density at radius 1 is 1.44 bits per heavy atom. The topological polar surface area (TPSA) is 39.1 Å². The van der Waals surface area contributed by atoms with Gasteiger partial charge in [-0.1, -0.05) is 0 Å². The number of aromatic nitrogens is 2. The van der Waals surface area contributed by atoms with Crippen LogP contribution in [0.3, 0.4) is 0 Å². The molecule has 0 spiro atoms. The van der Waals surface area contributed by atoms with Gasteiger partial charge < -0.3 is 10.1 Å². The van der Waals surface area contributed by atoms with Crippen LogP contribution in [0.4, 0.5) is 0 Å². The fourth-order valence-electron chi connectivity index (χ4n) is 3.16. The van der Waals surface area contributed by atoms with Crippen molar-refractivity contribution < 1.29 is 4.74 Å². The third-order valence-corrected chi connectivity index (χ3v) is 4.60. The van der Waals surface area contributed by atoms with Gasteiger partial charge in [-0.15, -0.1) is 0 Å². The molecule has 0 aromatic carbocycles. The van der Waals surface area contributed by atoms with E-state index in [1.165, 1.54) is 31.2 Å². The predicted molar refractivity (Wildman–Crippen MR) is 70.6 cm³/mol. The lowest BCUT2D eigenvalue weighted by atomic mass is 10.0. The molecule has 2 fully saturated rings. The second kappa shape index (κ2) is 4.26. The molecule has 0 unspecified atom stereocenters. The summed E-state index contributed by atoms with van der Waals surface area (Å²) < 4.78 is 7.24. The lowest BCUT2D eigenvalue weighted by Crippen LogP contribution is -2.25. The Bertz CT molecular complexity index is 444. The minimum Gasteiger partial charge on any atom is -0.481 e. The minimum atomic E-state index is 0.656. The first-order valence-corrected chi connectivity index (χ1v) is 6.93. The maximum Gasteiger partial charge on any atom is 0.216 e. The Kier molecular flexibility index (Phi) is 2.85. The third-order valence-electron chi connectivity index (χ3n) is 4.60. The van der Waals surface area contributed by atoms with Crippen molar-refractivity contribution in [2.75, 3.05) is 13.7 Å². The lowest BCUT2D eigenvalue weighted by molar-refractivity contribution is 0.363. The van der Waals surface area contributed by atoms with E-state index >= 15 is 0 Å². The van der Waals surface area contributed by atoms with E-state index < -0.39 is 0 Å². The Labute approximate surface area is 109 Å². The molecule has 2 aliphatic carbocycles. The van der Waals surface area contributed by atoms with E-state index in [1.807, 2.05) is 18.7 Å². The molecule has 18 heavy (non-hydrogen) atoms. The molecule has 1 aromatic heterocycles. The highest BCUT2D eigenvalue weighted by Gasteiger charge is 2.53.